The third-order valence-electron chi connectivity index (χ3n) is 2.19. The summed E-state index contributed by atoms with van der Waals surface area (Å²) in [5.74, 6) is -0.0340. The van der Waals surface area contributed by atoms with Gasteiger partial charge in [0.2, 0.25) is 0 Å². The molecule has 0 N–H and O–H groups in total. The van der Waals surface area contributed by atoms with E-state index in [2.05, 4.69) is 0 Å². The van der Waals surface area contributed by atoms with E-state index in [9.17, 15) is 8.42 Å². The summed E-state index contributed by atoms with van der Waals surface area (Å²) in [5.41, 5.74) is 2.92. The van der Waals surface area contributed by atoms with Crippen molar-refractivity contribution in [1.82, 2.24) is 0 Å². The van der Waals surface area contributed by atoms with E-state index in [0.717, 1.165) is 16.7 Å². The first-order valence-corrected chi connectivity index (χ1v) is 6.89. The number of aryl methyl sites for hydroxylation is 2. The Balaban J connectivity index is 2.84. The highest BCUT2D eigenvalue weighted by molar-refractivity contribution is 7.90. The van der Waals surface area contributed by atoms with Crippen LogP contribution in [-0.4, -0.2) is 14.2 Å². The van der Waals surface area contributed by atoms with Crippen LogP contribution in [0.2, 0.25) is 0 Å². The molecular formula is C12H15NO2S. The maximum absolute atomic E-state index is 11.6. The molecular weight excluding hydrogens is 222 g/mol. The first-order chi connectivity index (χ1) is 7.43. The maximum Gasteiger partial charge on any atom is 0.155 e. The van der Waals surface area contributed by atoms with Crippen LogP contribution in [0.25, 0.3) is 0 Å². The van der Waals surface area contributed by atoms with Gasteiger partial charge < -0.3 is 0 Å². The zero-order chi connectivity index (χ0) is 12.2. The van der Waals surface area contributed by atoms with Crippen molar-refractivity contribution in [2.24, 2.45) is 0 Å². The topological polar surface area (TPSA) is 57.9 Å². The normalized spacial score (nSPS) is 11.1. The maximum atomic E-state index is 11.6. The fourth-order valence-electron chi connectivity index (χ4n) is 1.68. The van der Waals surface area contributed by atoms with Crippen molar-refractivity contribution in [3.8, 4) is 6.07 Å². The SMILES string of the molecule is Cc1cc(C)cc(CS(=O)(=O)CCC#N)c1. The van der Waals surface area contributed by atoms with Crippen LogP contribution in [0.3, 0.4) is 0 Å². The Labute approximate surface area is 96.6 Å². The predicted octanol–water partition coefficient (Wildman–Crippen LogP) is 2.13. The number of rotatable bonds is 4. The molecule has 0 fully saturated rings. The van der Waals surface area contributed by atoms with Crippen molar-refractivity contribution < 1.29 is 8.42 Å². The van der Waals surface area contributed by atoms with Gasteiger partial charge in [0.1, 0.15) is 0 Å². The van der Waals surface area contributed by atoms with Gasteiger partial charge in [0.15, 0.2) is 9.84 Å². The summed E-state index contributed by atoms with van der Waals surface area (Å²) in [4.78, 5) is 0. The summed E-state index contributed by atoms with van der Waals surface area (Å²) in [7, 11) is -3.15. The van der Waals surface area contributed by atoms with E-state index < -0.39 is 9.84 Å². The highest BCUT2D eigenvalue weighted by atomic mass is 32.2. The van der Waals surface area contributed by atoms with E-state index >= 15 is 0 Å². The van der Waals surface area contributed by atoms with Crippen LogP contribution >= 0.6 is 0 Å². The van der Waals surface area contributed by atoms with Crippen LogP contribution in [0, 0.1) is 25.2 Å². The number of nitrogens with zero attached hydrogens (tertiary/aromatic N) is 1. The Morgan fingerprint density at radius 2 is 1.75 bits per heavy atom. The second-order valence-corrected chi connectivity index (χ2v) is 6.18. The number of benzene rings is 1. The number of hydrogen-bond acceptors (Lipinski definition) is 3. The smallest absolute Gasteiger partial charge is 0.155 e. The van der Waals surface area contributed by atoms with Crippen LogP contribution in [0.15, 0.2) is 18.2 Å². The Morgan fingerprint density at radius 1 is 1.19 bits per heavy atom. The second-order valence-electron chi connectivity index (χ2n) is 4.00. The molecule has 16 heavy (non-hydrogen) atoms. The van der Waals surface area contributed by atoms with Crippen LogP contribution in [0.4, 0.5) is 0 Å². The summed E-state index contributed by atoms with van der Waals surface area (Å²) in [5, 5.41) is 8.37. The minimum absolute atomic E-state index is 0.0250. The minimum atomic E-state index is -3.15. The largest absolute Gasteiger partial charge is 0.228 e. The first kappa shape index (κ1) is 12.7. The fraction of sp³-hybridized carbons (Fsp3) is 0.417. The Bertz CT molecular complexity index is 492. The Hall–Kier alpha value is -1.34. The van der Waals surface area contributed by atoms with Crippen molar-refractivity contribution in [2.75, 3.05) is 5.75 Å². The molecule has 1 aromatic carbocycles. The molecule has 1 aromatic rings. The number of sulfone groups is 1. The van der Waals surface area contributed by atoms with Gasteiger partial charge in [-0.2, -0.15) is 5.26 Å². The number of nitriles is 1. The lowest BCUT2D eigenvalue weighted by Crippen LogP contribution is -2.09. The van der Waals surface area contributed by atoms with E-state index in [1.165, 1.54) is 0 Å². The molecule has 0 amide bonds. The zero-order valence-corrected chi connectivity index (χ0v) is 10.3. The predicted molar refractivity (Wildman–Crippen MR) is 63.6 cm³/mol. The van der Waals surface area contributed by atoms with Crippen LogP contribution in [0.5, 0.6) is 0 Å². The van der Waals surface area contributed by atoms with E-state index in [0.29, 0.717) is 0 Å². The molecule has 86 valence electrons. The Morgan fingerprint density at radius 3 is 2.25 bits per heavy atom. The van der Waals surface area contributed by atoms with E-state index in [4.69, 9.17) is 5.26 Å². The summed E-state index contributed by atoms with van der Waals surface area (Å²) in [6, 6.07) is 7.60. The summed E-state index contributed by atoms with van der Waals surface area (Å²) in [6.45, 7) is 3.89. The third-order valence-corrected chi connectivity index (χ3v) is 3.79. The van der Waals surface area contributed by atoms with Gasteiger partial charge in [0.25, 0.3) is 0 Å². The molecule has 0 atom stereocenters. The molecule has 3 nitrogen and oxygen atoms in total. The lowest BCUT2D eigenvalue weighted by molar-refractivity contribution is 0.595. The zero-order valence-electron chi connectivity index (χ0n) is 9.53. The highest BCUT2D eigenvalue weighted by Gasteiger charge is 2.11. The molecule has 0 heterocycles. The third kappa shape index (κ3) is 4.03. The van der Waals surface area contributed by atoms with Crippen LogP contribution in [0.1, 0.15) is 23.1 Å². The molecule has 1 rings (SSSR count). The van der Waals surface area contributed by atoms with Crippen molar-refractivity contribution in [3.05, 3.63) is 34.9 Å². The van der Waals surface area contributed by atoms with Gasteiger partial charge in [-0.3, -0.25) is 0 Å². The average Bonchev–Trinajstić information content (AvgIpc) is 2.12. The highest BCUT2D eigenvalue weighted by Crippen LogP contribution is 2.12. The molecule has 0 unspecified atom stereocenters. The van der Waals surface area contributed by atoms with Crippen molar-refractivity contribution >= 4 is 9.84 Å². The van der Waals surface area contributed by atoms with Crippen molar-refractivity contribution in [1.29, 1.82) is 5.26 Å². The monoisotopic (exact) mass is 237 g/mol. The summed E-state index contributed by atoms with van der Waals surface area (Å²) < 4.78 is 23.3. The van der Waals surface area contributed by atoms with Crippen LogP contribution in [-0.2, 0) is 15.6 Å². The number of hydrogen-bond donors (Lipinski definition) is 0. The molecule has 0 radical (unpaired) electrons. The molecule has 0 bridgehead atoms. The summed E-state index contributed by atoms with van der Waals surface area (Å²) in [6.07, 6.45) is 0.0626. The van der Waals surface area contributed by atoms with Gasteiger partial charge >= 0.3 is 0 Å². The quantitative estimate of drug-likeness (QED) is 0.806. The van der Waals surface area contributed by atoms with Gasteiger partial charge in [0, 0.05) is 6.42 Å². The lowest BCUT2D eigenvalue weighted by atomic mass is 10.1. The Kier molecular flexibility index (Phi) is 4.08. The van der Waals surface area contributed by atoms with Crippen molar-refractivity contribution in [3.63, 3.8) is 0 Å². The molecule has 0 saturated heterocycles. The molecule has 0 spiro atoms. The first-order valence-electron chi connectivity index (χ1n) is 5.07. The standard InChI is InChI=1S/C12H15NO2S/c1-10-6-11(2)8-12(7-10)9-16(14,15)5-3-4-13/h6-8H,3,5,9H2,1-2H3. The molecule has 4 heteroatoms. The minimum Gasteiger partial charge on any atom is -0.228 e. The van der Waals surface area contributed by atoms with Gasteiger partial charge in [-0.15, -0.1) is 0 Å². The second kappa shape index (κ2) is 5.13. The average molecular weight is 237 g/mol. The molecule has 0 aliphatic heterocycles. The molecule has 0 aromatic heterocycles. The van der Waals surface area contributed by atoms with Gasteiger partial charge in [-0.05, 0) is 19.4 Å². The van der Waals surface area contributed by atoms with Gasteiger partial charge in [0.05, 0.1) is 17.6 Å². The molecule has 0 aliphatic rings. The van der Waals surface area contributed by atoms with Gasteiger partial charge in [-0.25, -0.2) is 8.42 Å². The van der Waals surface area contributed by atoms with E-state index in [1.54, 1.807) is 0 Å². The fourth-order valence-corrected chi connectivity index (χ4v) is 2.90. The van der Waals surface area contributed by atoms with E-state index in [1.807, 2.05) is 38.1 Å². The summed E-state index contributed by atoms with van der Waals surface area (Å²) >= 11 is 0. The molecule has 0 aliphatic carbocycles. The lowest BCUT2D eigenvalue weighted by Gasteiger charge is -2.05. The molecule has 0 saturated carbocycles. The van der Waals surface area contributed by atoms with Gasteiger partial charge in [-0.1, -0.05) is 29.3 Å². The van der Waals surface area contributed by atoms with E-state index in [-0.39, 0.29) is 17.9 Å². The van der Waals surface area contributed by atoms with Crippen LogP contribution < -0.4 is 0 Å². The van der Waals surface area contributed by atoms with Crippen molar-refractivity contribution in [2.45, 2.75) is 26.0 Å².